The van der Waals surface area contributed by atoms with Crippen molar-refractivity contribution in [1.82, 2.24) is 14.8 Å². The van der Waals surface area contributed by atoms with Gasteiger partial charge in [-0.3, -0.25) is 4.79 Å². The van der Waals surface area contributed by atoms with Crippen LogP contribution in [-0.2, 0) is 0 Å². The largest absolute Gasteiger partial charge is 0.476 e. The summed E-state index contributed by atoms with van der Waals surface area (Å²) in [5.74, 6) is -1.11. The van der Waals surface area contributed by atoms with E-state index in [2.05, 4.69) is 4.98 Å². The number of carboxylic acid groups (broad SMARTS) is 1. The lowest BCUT2D eigenvalue weighted by Gasteiger charge is -2.03. The average molecular weight is 425 g/mol. The van der Waals surface area contributed by atoms with E-state index >= 15 is 0 Å². The number of carboxylic acids is 1. The number of fused-ring (bicyclic) bond motifs is 1. The average Bonchev–Trinajstić information content (AvgIpc) is 3.45. The molecule has 2 heterocycles. The lowest BCUT2D eigenvalue weighted by Crippen LogP contribution is -2.01. The number of rotatable bonds is 5. The molecule has 3 aromatic carbocycles. The molecule has 0 saturated carbocycles. The van der Waals surface area contributed by atoms with Crippen LogP contribution in [0.4, 0.5) is 0 Å². The van der Waals surface area contributed by atoms with Crippen LogP contribution >= 0.6 is 11.3 Å². The molecule has 0 aliphatic heterocycles. The van der Waals surface area contributed by atoms with E-state index in [0.29, 0.717) is 16.3 Å². The van der Waals surface area contributed by atoms with Gasteiger partial charge in [0.05, 0.1) is 5.52 Å². The predicted molar refractivity (Wildman–Crippen MR) is 119 cm³/mol. The molecule has 0 aliphatic rings. The molecule has 5 rings (SSSR count). The van der Waals surface area contributed by atoms with E-state index in [1.807, 2.05) is 54.6 Å². The summed E-state index contributed by atoms with van der Waals surface area (Å²) in [6.07, 6.45) is 0. The first-order valence-electron chi connectivity index (χ1n) is 9.49. The highest BCUT2D eigenvalue weighted by molar-refractivity contribution is 7.12. The topological polar surface area (TPSA) is 85.1 Å². The number of carbonyl (C=O) groups excluding carboxylic acids is 1. The summed E-state index contributed by atoms with van der Waals surface area (Å²) in [6, 6.07) is 24.2. The SMILES string of the molecule is O=C(c1ccccc1)c1ccc(-c2nn(-c3nc(C(=O)O)cs3)c3ccccc23)cc1. The van der Waals surface area contributed by atoms with E-state index in [9.17, 15) is 14.7 Å². The summed E-state index contributed by atoms with van der Waals surface area (Å²) >= 11 is 1.22. The molecule has 0 spiro atoms. The summed E-state index contributed by atoms with van der Waals surface area (Å²) in [7, 11) is 0. The Morgan fingerprint density at radius 1 is 0.839 bits per heavy atom. The zero-order valence-electron chi connectivity index (χ0n) is 16.1. The molecule has 0 amide bonds. The summed E-state index contributed by atoms with van der Waals surface area (Å²) in [5, 5.41) is 16.8. The number of ketones is 1. The van der Waals surface area contributed by atoms with Crippen LogP contribution in [0.1, 0.15) is 26.4 Å². The van der Waals surface area contributed by atoms with Crippen molar-refractivity contribution in [3.63, 3.8) is 0 Å². The Labute approximate surface area is 181 Å². The monoisotopic (exact) mass is 425 g/mol. The molecule has 2 aromatic heterocycles. The van der Waals surface area contributed by atoms with Crippen molar-refractivity contribution in [2.45, 2.75) is 0 Å². The number of carbonyl (C=O) groups is 2. The van der Waals surface area contributed by atoms with Crippen LogP contribution < -0.4 is 0 Å². The zero-order chi connectivity index (χ0) is 21.4. The number of para-hydroxylation sites is 1. The maximum Gasteiger partial charge on any atom is 0.355 e. The lowest BCUT2D eigenvalue weighted by atomic mass is 10.0. The lowest BCUT2D eigenvalue weighted by molar-refractivity contribution is 0.0691. The molecule has 6 nitrogen and oxygen atoms in total. The van der Waals surface area contributed by atoms with Crippen molar-refractivity contribution in [3.05, 3.63) is 101 Å². The van der Waals surface area contributed by atoms with Gasteiger partial charge in [-0.15, -0.1) is 11.3 Å². The van der Waals surface area contributed by atoms with Gasteiger partial charge >= 0.3 is 5.97 Å². The fourth-order valence-electron chi connectivity index (χ4n) is 3.42. The maximum atomic E-state index is 12.7. The second-order valence-corrected chi connectivity index (χ2v) is 7.71. The Kier molecular flexibility index (Phi) is 4.65. The van der Waals surface area contributed by atoms with Crippen molar-refractivity contribution in [2.24, 2.45) is 0 Å². The molecule has 0 radical (unpaired) electrons. The normalized spacial score (nSPS) is 11.0. The van der Waals surface area contributed by atoms with Crippen molar-refractivity contribution in [3.8, 4) is 16.4 Å². The van der Waals surface area contributed by atoms with Crippen LogP contribution in [-0.4, -0.2) is 31.6 Å². The van der Waals surface area contributed by atoms with Crippen LogP contribution in [0.2, 0.25) is 0 Å². The standard InChI is InChI=1S/C24H15N3O3S/c28-22(16-6-2-1-3-7-16)17-12-10-15(11-13-17)21-18-8-4-5-9-20(18)27(26-21)24-25-19(14-31-24)23(29)30/h1-14H,(H,29,30). The Bertz CT molecular complexity index is 1420. The number of hydrogen-bond donors (Lipinski definition) is 1. The highest BCUT2D eigenvalue weighted by atomic mass is 32.1. The number of nitrogens with zero attached hydrogens (tertiary/aromatic N) is 3. The highest BCUT2D eigenvalue weighted by Gasteiger charge is 2.17. The first-order chi connectivity index (χ1) is 15.1. The Morgan fingerprint density at radius 3 is 2.23 bits per heavy atom. The summed E-state index contributed by atoms with van der Waals surface area (Å²) in [6.45, 7) is 0. The quantitative estimate of drug-likeness (QED) is 0.397. The zero-order valence-corrected chi connectivity index (χ0v) is 16.9. The number of thiazole rings is 1. The summed E-state index contributed by atoms with van der Waals surface area (Å²) in [4.78, 5) is 28.1. The van der Waals surface area contributed by atoms with Gasteiger partial charge in [0.15, 0.2) is 11.5 Å². The third-order valence-electron chi connectivity index (χ3n) is 4.94. The fourth-order valence-corrected chi connectivity index (χ4v) is 4.18. The van der Waals surface area contributed by atoms with Gasteiger partial charge in [-0.25, -0.2) is 14.5 Å². The molecule has 5 aromatic rings. The minimum atomic E-state index is -1.07. The van der Waals surface area contributed by atoms with Crippen LogP contribution in [0.3, 0.4) is 0 Å². The third kappa shape index (κ3) is 3.41. The van der Waals surface area contributed by atoms with Crippen molar-refractivity contribution >= 4 is 34.0 Å². The molecule has 1 N–H and O–H groups in total. The first kappa shape index (κ1) is 18.9. The van der Waals surface area contributed by atoms with Gasteiger partial charge in [0.2, 0.25) is 5.13 Å². The van der Waals surface area contributed by atoms with Crippen molar-refractivity contribution in [1.29, 1.82) is 0 Å². The molecule has 150 valence electrons. The minimum absolute atomic E-state index is 0.00934. The van der Waals surface area contributed by atoms with Gasteiger partial charge in [0.25, 0.3) is 0 Å². The van der Waals surface area contributed by atoms with Gasteiger partial charge in [-0.1, -0.05) is 72.8 Å². The van der Waals surface area contributed by atoms with Gasteiger partial charge in [0, 0.05) is 27.5 Å². The minimum Gasteiger partial charge on any atom is -0.476 e. The molecule has 7 heteroatoms. The molecular weight excluding hydrogens is 410 g/mol. The third-order valence-corrected chi connectivity index (χ3v) is 5.75. The number of hydrogen-bond acceptors (Lipinski definition) is 5. The van der Waals surface area contributed by atoms with Crippen LogP contribution in [0, 0.1) is 0 Å². The van der Waals surface area contributed by atoms with E-state index < -0.39 is 5.97 Å². The van der Waals surface area contributed by atoms with Gasteiger partial charge in [-0.05, 0) is 6.07 Å². The second kappa shape index (κ2) is 7.62. The van der Waals surface area contributed by atoms with Crippen LogP contribution in [0.15, 0.2) is 84.2 Å². The van der Waals surface area contributed by atoms with E-state index in [1.54, 1.807) is 28.9 Å². The Balaban J connectivity index is 1.56. The molecule has 0 atom stereocenters. The van der Waals surface area contributed by atoms with E-state index in [0.717, 1.165) is 22.2 Å². The predicted octanol–water partition coefficient (Wildman–Crippen LogP) is 5.08. The fraction of sp³-hybridized carbons (Fsp3) is 0. The number of aromatic nitrogens is 3. The van der Waals surface area contributed by atoms with E-state index in [4.69, 9.17) is 5.10 Å². The van der Waals surface area contributed by atoms with Crippen molar-refractivity contribution < 1.29 is 14.7 Å². The molecule has 0 bridgehead atoms. The summed E-state index contributed by atoms with van der Waals surface area (Å²) < 4.78 is 1.66. The number of benzene rings is 3. The molecule has 0 aliphatic carbocycles. The molecular formula is C24H15N3O3S. The van der Waals surface area contributed by atoms with Gasteiger partial charge in [0.1, 0.15) is 5.69 Å². The van der Waals surface area contributed by atoms with Crippen LogP contribution in [0.5, 0.6) is 0 Å². The van der Waals surface area contributed by atoms with Crippen molar-refractivity contribution in [2.75, 3.05) is 0 Å². The smallest absolute Gasteiger partial charge is 0.355 e. The number of aromatic carboxylic acids is 1. The van der Waals surface area contributed by atoms with Gasteiger partial charge in [-0.2, -0.15) is 5.10 Å². The van der Waals surface area contributed by atoms with Crippen LogP contribution in [0.25, 0.3) is 27.3 Å². The highest BCUT2D eigenvalue weighted by Crippen LogP contribution is 2.31. The Morgan fingerprint density at radius 2 is 1.52 bits per heavy atom. The van der Waals surface area contributed by atoms with E-state index in [-0.39, 0.29) is 11.5 Å². The van der Waals surface area contributed by atoms with Gasteiger partial charge < -0.3 is 5.11 Å². The summed E-state index contributed by atoms with van der Waals surface area (Å²) in [5.41, 5.74) is 3.65. The molecule has 0 unspecified atom stereocenters. The molecule has 0 fully saturated rings. The Hall–Kier alpha value is -4.10. The second-order valence-electron chi connectivity index (χ2n) is 6.87. The molecule has 31 heavy (non-hydrogen) atoms. The maximum absolute atomic E-state index is 12.7. The van der Waals surface area contributed by atoms with E-state index in [1.165, 1.54) is 16.7 Å². The molecule has 0 saturated heterocycles. The first-order valence-corrected chi connectivity index (χ1v) is 10.4.